The van der Waals surface area contributed by atoms with Gasteiger partial charge in [0.2, 0.25) is 5.91 Å². The fraction of sp³-hybridized carbons (Fsp3) is 0.167. The second-order valence-corrected chi connectivity index (χ2v) is 4.88. The normalized spacial score (nSPS) is 10.8. The number of nitrogens with one attached hydrogen (secondary N) is 1. The van der Waals surface area contributed by atoms with E-state index in [1.54, 1.807) is 0 Å². The third-order valence-electron chi connectivity index (χ3n) is 2.32. The molecule has 0 aromatic carbocycles. The fourth-order valence-electron chi connectivity index (χ4n) is 1.45. The van der Waals surface area contributed by atoms with Crippen molar-refractivity contribution in [1.82, 2.24) is 20.1 Å². The first-order chi connectivity index (χ1) is 9.63. The Bertz CT molecular complexity index is 618. The maximum atomic E-state index is 11.6. The number of thiophene rings is 1. The average Bonchev–Trinajstić information content (AvgIpc) is 3.05. The van der Waals surface area contributed by atoms with E-state index < -0.39 is 5.97 Å². The van der Waals surface area contributed by atoms with E-state index in [9.17, 15) is 9.59 Å². The minimum atomic E-state index is -0.987. The summed E-state index contributed by atoms with van der Waals surface area (Å²) in [4.78, 5) is 26.7. The van der Waals surface area contributed by atoms with E-state index in [4.69, 9.17) is 5.11 Å². The van der Waals surface area contributed by atoms with E-state index in [2.05, 4.69) is 15.4 Å². The number of amides is 1. The maximum Gasteiger partial charge on any atom is 0.328 e. The molecular formula is C12H12N4O3S. The summed E-state index contributed by atoms with van der Waals surface area (Å²) in [6, 6.07) is 1.83. The molecule has 0 aliphatic carbocycles. The van der Waals surface area contributed by atoms with Crippen molar-refractivity contribution in [3.63, 3.8) is 0 Å². The zero-order valence-electron chi connectivity index (χ0n) is 10.4. The van der Waals surface area contributed by atoms with E-state index in [-0.39, 0.29) is 12.5 Å². The minimum absolute atomic E-state index is 0.122. The van der Waals surface area contributed by atoms with Crippen molar-refractivity contribution in [2.24, 2.45) is 0 Å². The summed E-state index contributed by atoms with van der Waals surface area (Å²) in [5.74, 6) is -1.15. The van der Waals surface area contributed by atoms with Gasteiger partial charge in [-0.25, -0.2) is 14.5 Å². The third-order valence-corrected chi connectivity index (χ3v) is 3.28. The number of carboxylic acids is 1. The van der Waals surface area contributed by atoms with E-state index in [0.29, 0.717) is 6.54 Å². The molecule has 2 aromatic heterocycles. The van der Waals surface area contributed by atoms with Crippen LogP contribution in [0.5, 0.6) is 0 Å². The summed E-state index contributed by atoms with van der Waals surface area (Å²) in [6.45, 7) is 0.524. The molecular weight excluding hydrogens is 280 g/mol. The van der Waals surface area contributed by atoms with Crippen LogP contribution in [0.2, 0.25) is 0 Å². The number of carbonyl (C=O) groups is 2. The Hall–Kier alpha value is -2.48. The Morgan fingerprint density at radius 2 is 2.35 bits per heavy atom. The molecule has 20 heavy (non-hydrogen) atoms. The van der Waals surface area contributed by atoms with Gasteiger partial charge in [-0.2, -0.15) is 5.10 Å². The number of hydrogen-bond donors (Lipinski definition) is 2. The molecule has 0 aliphatic heterocycles. The number of carboxylic acid groups (broad SMARTS) is 1. The molecule has 0 atom stereocenters. The van der Waals surface area contributed by atoms with Gasteiger partial charge in [-0.05, 0) is 23.1 Å². The predicted octanol–water partition coefficient (Wildman–Crippen LogP) is 0.754. The summed E-state index contributed by atoms with van der Waals surface area (Å²) in [5, 5.41) is 17.0. The van der Waals surface area contributed by atoms with Gasteiger partial charge in [-0.1, -0.05) is 0 Å². The standard InChI is InChI=1S/C12H12N4O3S/c17-11(5-16-8-13-7-15-16)14-4-10-3-9(6-20-10)1-2-12(18)19/h1-3,6-8H,4-5H2,(H,14,17)(H,18,19). The van der Waals surface area contributed by atoms with Crippen LogP contribution in [0.3, 0.4) is 0 Å². The number of carbonyl (C=O) groups excluding carboxylic acids is 1. The largest absolute Gasteiger partial charge is 0.478 e. The first kappa shape index (κ1) is 13.9. The van der Waals surface area contributed by atoms with Gasteiger partial charge in [0, 0.05) is 11.0 Å². The molecule has 2 N–H and O–H groups in total. The van der Waals surface area contributed by atoms with Gasteiger partial charge in [-0.15, -0.1) is 11.3 Å². The highest BCUT2D eigenvalue weighted by atomic mass is 32.1. The molecule has 0 spiro atoms. The molecule has 0 saturated carbocycles. The maximum absolute atomic E-state index is 11.6. The number of rotatable bonds is 6. The van der Waals surface area contributed by atoms with E-state index in [1.807, 2.05) is 11.4 Å². The third kappa shape index (κ3) is 4.32. The van der Waals surface area contributed by atoms with Crippen molar-refractivity contribution in [3.05, 3.63) is 40.6 Å². The summed E-state index contributed by atoms with van der Waals surface area (Å²) in [6.07, 6.45) is 5.43. The molecule has 0 saturated heterocycles. The lowest BCUT2D eigenvalue weighted by molar-refractivity contribution is -0.131. The zero-order chi connectivity index (χ0) is 14.4. The van der Waals surface area contributed by atoms with Crippen LogP contribution in [0.1, 0.15) is 10.4 Å². The lowest BCUT2D eigenvalue weighted by Crippen LogP contribution is -2.26. The molecule has 1 amide bonds. The van der Waals surface area contributed by atoms with Crippen LogP contribution in [0.25, 0.3) is 6.08 Å². The molecule has 2 heterocycles. The van der Waals surface area contributed by atoms with Gasteiger partial charge >= 0.3 is 5.97 Å². The van der Waals surface area contributed by atoms with Gasteiger partial charge in [0.15, 0.2) is 0 Å². The topological polar surface area (TPSA) is 97.1 Å². The zero-order valence-corrected chi connectivity index (χ0v) is 11.2. The van der Waals surface area contributed by atoms with Crippen molar-refractivity contribution >= 4 is 29.3 Å². The molecule has 0 unspecified atom stereocenters. The highest BCUT2D eigenvalue weighted by Crippen LogP contribution is 2.15. The average molecular weight is 292 g/mol. The number of aromatic nitrogens is 3. The highest BCUT2D eigenvalue weighted by Gasteiger charge is 2.04. The van der Waals surface area contributed by atoms with Crippen LogP contribution in [0.4, 0.5) is 0 Å². The second-order valence-electron chi connectivity index (χ2n) is 3.89. The Morgan fingerprint density at radius 3 is 3.05 bits per heavy atom. The van der Waals surface area contributed by atoms with Gasteiger partial charge in [-0.3, -0.25) is 4.79 Å². The van der Waals surface area contributed by atoms with Gasteiger partial charge in [0.25, 0.3) is 0 Å². The van der Waals surface area contributed by atoms with Gasteiger partial charge in [0.1, 0.15) is 19.2 Å². The van der Waals surface area contributed by atoms with Crippen molar-refractivity contribution < 1.29 is 14.7 Å². The molecule has 0 aliphatic rings. The Balaban J connectivity index is 1.82. The number of hydrogen-bond acceptors (Lipinski definition) is 5. The van der Waals surface area contributed by atoms with Crippen molar-refractivity contribution in [1.29, 1.82) is 0 Å². The van der Waals surface area contributed by atoms with Gasteiger partial charge < -0.3 is 10.4 Å². The number of nitrogens with zero attached hydrogens (tertiary/aromatic N) is 3. The van der Waals surface area contributed by atoms with Crippen molar-refractivity contribution in [2.45, 2.75) is 13.1 Å². The first-order valence-corrected chi connectivity index (χ1v) is 6.59. The molecule has 104 valence electrons. The Kier molecular flexibility index (Phi) is 4.61. The summed E-state index contributed by atoms with van der Waals surface area (Å²) in [5.41, 5.74) is 0.804. The number of aliphatic carboxylic acids is 1. The Labute approximate surface area is 118 Å². The molecule has 0 fully saturated rings. The van der Waals surface area contributed by atoms with Gasteiger partial charge in [0.05, 0.1) is 6.54 Å². The molecule has 8 heteroatoms. The van der Waals surface area contributed by atoms with Crippen LogP contribution >= 0.6 is 11.3 Å². The van der Waals surface area contributed by atoms with E-state index in [1.165, 1.54) is 34.7 Å². The molecule has 2 aromatic rings. The monoisotopic (exact) mass is 292 g/mol. The first-order valence-electron chi connectivity index (χ1n) is 5.71. The van der Waals surface area contributed by atoms with E-state index in [0.717, 1.165) is 16.5 Å². The molecule has 0 bridgehead atoms. The summed E-state index contributed by atoms with van der Waals surface area (Å²) >= 11 is 1.46. The predicted molar refractivity (Wildman–Crippen MR) is 72.9 cm³/mol. The lowest BCUT2D eigenvalue weighted by atomic mass is 10.3. The van der Waals surface area contributed by atoms with Crippen LogP contribution in [0, 0.1) is 0 Å². The fourth-order valence-corrected chi connectivity index (χ4v) is 2.24. The molecule has 7 nitrogen and oxygen atoms in total. The molecule has 0 radical (unpaired) electrons. The minimum Gasteiger partial charge on any atom is -0.478 e. The van der Waals surface area contributed by atoms with E-state index >= 15 is 0 Å². The highest BCUT2D eigenvalue weighted by molar-refractivity contribution is 7.10. The lowest BCUT2D eigenvalue weighted by Gasteiger charge is -2.02. The quantitative estimate of drug-likeness (QED) is 0.766. The van der Waals surface area contributed by atoms with Crippen LogP contribution in [-0.4, -0.2) is 31.7 Å². The molecule has 2 rings (SSSR count). The second kappa shape index (κ2) is 6.62. The van der Waals surface area contributed by atoms with Crippen LogP contribution in [-0.2, 0) is 22.7 Å². The van der Waals surface area contributed by atoms with Crippen LogP contribution < -0.4 is 5.32 Å². The van der Waals surface area contributed by atoms with Crippen molar-refractivity contribution in [3.8, 4) is 0 Å². The smallest absolute Gasteiger partial charge is 0.328 e. The SMILES string of the molecule is O=C(O)C=Cc1csc(CNC(=O)Cn2cncn2)c1. The van der Waals surface area contributed by atoms with Crippen LogP contribution in [0.15, 0.2) is 30.2 Å². The summed E-state index contributed by atoms with van der Waals surface area (Å²) < 4.78 is 1.44. The Morgan fingerprint density at radius 1 is 1.50 bits per heavy atom. The summed E-state index contributed by atoms with van der Waals surface area (Å²) in [7, 11) is 0. The van der Waals surface area contributed by atoms with Crippen molar-refractivity contribution in [2.75, 3.05) is 0 Å².